The van der Waals surface area contributed by atoms with Crippen molar-refractivity contribution in [3.8, 4) is 11.5 Å². The summed E-state index contributed by atoms with van der Waals surface area (Å²) in [6.07, 6.45) is 0. The predicted molar refractivity (Wildman–Crippen MR) is 141 cm³/mol. The van der Waals surface area contributed by atoms with Crippen LogP contribution in [0.25, 0.3) is 5.76 Å². The molecule has 0 saturated carbocycles. The first-order valence-corrected chi connectivity index (χ1v) is 13.2. The molecule has 1 amide bonds. The second-order valence-electron chi connectivity index (χ2n) is 8.78. The smallest absolute Gasteiger partial charge is 0.295 e. The van der Waals surface area contributed by atoms with E-state index in [1.165, 1.54) is 50.4 Å². The number of aliphatic hydroxyl groups is 1. The number of aliphatic hydroxyl groups excluding tert-OH is 1. The molecular weight excluding hydrogens is 508 g/mol. The van der Waals surface area contributed by atoms with Crippen molar-refractivity contribution in [1.29, 1.82) is 0 Å². The zero-order chi connectivity index (χ0) is 27.4. The summed E-state index contributed by atoms with van der Waals surface area (Å²) in [4.78, 5) is 27.6. The minimum Gasteiger partial charge on any atom is -0.507 e. The van der Waals surface area contributed by atoms with Gasteiger partial charge in [-0.1, -0.05) is 30.3 Å². The fraction of sp³-hybridized carbons (Fsp3) is 0.214. The van der Waals surface area contributed by atoms with Gasteiger partial charge in [-0.05, 0) is 54.1 Å². The number of methoxy groups -OCH3 is 1. The Morgan fingerprint density at radius 3 is 2.24 bits per heavy atom. The van der Waals surface area contributed by atoms with E-state index in [-0.39, 0.29) is 29.2 Å². The van der Waals surface area contributed by atoms with Crippen LogP contribution in [-0.2, 0) is 24.3 Å². The highest BCUT2D eigenvalue weighted by Crippen LogP contribution is 2.40. The fourth-order valence-electron chi connectivity index (χ4n) is 4.17. The summed E-state index contributed by atoms with van der Waals surface area (Å²) >= 11 is 0. The Kier molecular flexibility index (Phi) is 7.96. The molecule has 4 rings (SSSR count). The summed E-state index contributed by atoms with van der Waals surface area (Å²) in [5.41, 5.74) is 0.655. The first kappa shape index (κ1) is 27.1. The number of likely N-dealkylation sites (tertiary alicyclic amines) is 1. The summed E-state index contributed by atoms with van der Waals surface area (Å²) in [7, 11) is 0.641. The zero-order valence-electron chi connectivity index (χ0n) is 21.2. The van der Waals surface area contributed by atoms with Crippen LogP contribution in [0.1, 0.15) is 17.2 Å². The minimum atomic E-state index is -3.68. The fourth-order valence-corrected chi connectivity index (χ4v) is 5.07. The Morgan fingerprint density at radius 2 is 1.61 bits per heavy atom. The third-order valence-corrected chi connectivity index (χ3v) is 7.96. The molecule has 0 aromatic heterocycles. The Balaban J connectivity index is 1.79. The quantitative estimate of drug-likeness (QED) is 0.251. The SMILES string of the molecule is COCCN1C(=O)C(=O)C(=C(O)c2ccc(S(=O)(=O)N(C)C)cc2)[C@H]1c1cccc(Oc2ccccc2)c1. The maximum Gasteiger partial charge on any atom is 0.295 e. The summed E-state index contributed by atoms with van der Waals surface area (Å²) in [5.74, 6) is -0.913. The van der Waals surface area contributed by atoms with Gasteiger partial charge in [-0.2, -0.15) is 0 Å². The van der Waals surface area contributed by atoms with E-state index in [9.17, 15) is 23.1 Å². The third-order valence-electron chi connectivity index (χ3n) is 6.14. The van der Waals surface area contributed by atoms with E-state index in [4.69, 9.17) is 9.47 Å². The highest BCUT2D eigenvalue weighted by Gasteiger charge is 2.46. The lowest BCUT2D eigenvalue weighted by Crippen LogP contribution is -2.32. The minimum absolute atomic E-state index is 0.0295. The molecule has 3 aromatic carbocycles. The number of amides is 1. The van der Waals surface area contributed by atoms with Crippen molar-refractivity contribution in [2.24, 2.45) is 0 Å². The monoisotopic (exact) mass is 536 g/mol. The van der Waals surface area contributed by atoms with Gasteiger partial charge in [0.25, 0.3) is 11.7 Å². The second kappa shape index (κ2) is 11.2. The van der Waals surface area contributed by atoms with Crippen LogP contribution in [-0.4, -0.2) is 68.8 Å². The van der Waals surface area contributed by atoms with E-state index < -0.39 is 33.5 Å². The lowest BCUT2D eigenvalue weighted by Gasteiger charge is -2.25. The zero-order valence-corrected chi connectivity index (χ0v) is 22.0. The maximum atomic E-state index is 13.2. The number of ether oxygens (including phenoxy) is 2. The van der Waals surface area contributed by atoms with Gasteiger partial charge in [-0.3, -0.25) is 9.59 Å². The number of sulfonamides is 1. The van der Waals surface area contributed by atoms with Gasteiger partial charge in [0.1, 0.15) is 17.3 Å². The molecule has 0 bridgehead atoms. The molecule has 38 heavy (non-hydrogen) atoms. The van der Waals surface area contributed by atoms with Crippen molar-refractivity contribution in [1.82, 2.24) is 9.21 Å². The van der Waals surface area contributed by atoms with Gasteiger partial charge in [-0.25, -0.2) is 12.7 Å². The molecule has 0 aliphatic carbocycles. The molecule has 1 N–H and O–H groups in total. The van der Waals surface area contributed by atoms with E-state index in [1.54, 1.807) is 36.4 Å². The van der Waals surface area contributed by atoms with Crippen LogP contribution >= 0.6 is 0 Å². The van der Waals surface area contributed by atoms with Crippen molar-refractivity contribution in [3.63, 3.8) is 0 Å². The summed E-state index contributed by atoms with van der Waals surface area (Å²) in [6.45, 7) is 0.299. The highest BCUT2D eigenvalue weighted by molar-refractivity contribution is 7.89. The molecule has 1 fully saturated rings. The molecular formula is C28H28N2O7S. The summed E-state index contributed by atoms with van der Waals surface area (Å²) in [5, 5.41) is 11.2. The van der Waals surface area contributed by atoms with Gasteiger partial charge < -0.3 is 19.5 Å². The number of para-hydroxylation sites is 1. The lowest BCUT2D eigenvalue weighted by atomic mass is 9.95. The Labute approximate surface area is 221 Å². The molecule has 1 saturated heterocycles. The molecule has 1 heterocycles. The molecule has 198 valence electrons. The van der Waals surface area contributed by atoms with E-state index in [0.717, 1.165) is 4.31 Å². The van der Waals surface area contributed by atoms with Gasteiger partial charge in [0.2, 0.25) is 10.0 Å². The Morgan fingerprint density at radius 1 is 0.947 bits per heavy atom. The van der Waals surface area contributed by atoms with Gasteiger partial charge >= 0.3 is 0 Å². The largest absolute Gasteiger partial charge is 0.507 e. The van der Waals surface area contributed by atoms with E-state index in [0.29, 0.717) is 17.1 Å². The van der Waals surface area contributed by atoms with Crippen LogP contribution in [0.5, 0.6) is 11.5 Å². The van der Waals surface area contributed by atoms with Crippen molar-refractivity contribution in [2.75, 3.05) is 34.4 Å². The topological polar surface area (TPSA) is 113 Å². The number of Topliss-reactive ketones (excluding diaryl/α,β-unsaturated/α-hetero) is 1. The van der Waals surface area contributed by atoms with Gasteiger partial charge in [0.15, 0.2) is 0 Å². The molecule has 0 unspecified atom stereocenters. The molecule has 9 nitrogen and oxygen atoms in total. The third kappa shape index (κ3) is 5.33. The number of carbonyl (C=O) groups is 2. The van der Waals surface area contributed by atoms with E-state index in [2.05, 4.69) is 0 Å². The Bertz CT molecular complexity index is 1470. The second-order valence-corrected chi connectivity index (χ2v) is 10.9. The van der Waals surface area contributed by atoms with Crippen molar-refractivity contribution in [3.05, 3.63) is 95.6 Å². The molecule has 0 radical (unpaired) electrons. The normalized spacial score (nSPS) is 17.3. The highest BCUT2D eigenvalue weighted by atomic mass is 32.2. The summed E-state index contributed by atoms with van der Waals surface area (Å²) in [6, 6.07) is 20.7. The van der Waals surface area contributed by atoms with Crippen molar-refractivity contribution >= 4 is 27.5 Å². The molecule has 1 aliphatic rings. The van der Waals surface area contributed by atoms with Crippen LogP contribution < -0.4 is 4.74 Å². The molecule has 10 heteroatoms. The van der Waals surface area contributed by atoms with E-state index >= 15 is 0 Å². The first-order valence-electron chi connectivity index (χ1n) is 11.8. The van der Waals surface area contributed by atoms with Gasteiger partial charge in [0.05, 0.1) is 23.1 Å². The van der Waals surface area contributed by atoms with Crippen LogP contribution in [0, 0.1) is 0 Å². The maximum absolute atomic E-state index is 13.2. The lowest BCUT2D eigenvalue weighted by molar-refractivity contribution is -0.140. The first-order chi connectivity index (χ1) is 18.1. The summed E-state index contributed by atoms with van der Waals surface area (Å²) < 4.78 is 37.0. The molecule has 3 aromatic rings. The van der Waals surface area contributed by atoms with Gasteiger partial charge in [0, 0.05) is 33.3 Å². The number of rotatable bonds is 9. The van der Waals surface area contributed by atoms with Crippen LogP contribution in [0.15, 0.2) is 89.3 Å². The number of ketones is 1. The number of nitrogens with zero attached hydrogens (tertiary/aromatic N) is 2. The van der Waals surface area contributed by atoms with Gasteiger partial charge in [-0.15, -0.1) is 0 Å². The van der Waals surface area contributed by atoms with Crippen LogP contribution in [0.3, 0.4) is 0 Å². The number of benzene rings is 3. The average Bonchev–Trinajstić information content (AvgIpc) is 3.17. The standard InChI is InChI=1S/C28H28N2O7S/c1-29(2)38(34,35)23-14-12-19(13-15-23)26(31)24-25(30(16-17-36-3)28(33)27(24)32)20-8-7-11-22(18-20)37-21-9-5-4-6-10-21/h4-15,18,25,31H,16-17H2,1-3H3/t25-/m1/s1. The molecule has 1 aliphatic heterocycles. The number of hydrogen-bond donors (Lipinski definition) is 1. The predicted octanol–water partition coefficient (Wildman–Crippen LogP) is 3.80. The van der Waals surface area contributed by atoms with E-state index in [1.807, 2.05) is 18.2 Å². The average molecular weight is 537 g/mol. The molecule has 1 atom stereocenters. The number of hydrogen-bond acceptors (Lipinski definition) is 7. The molecule has 0 spiro atoms. The van der Waals surface area contributed by atoms with Crippen molar-refractivity contribution in [2.45, 2.75) is 10.9 Å². The Hall–Kier alpha value is -3.99. The van der Waals surface area contributed by atoms with Crippen LogP contribution in [0.4, 0.5) is 0 Å². The van der Waals surface area contributed by atoms with Crippen molar-refractivity contribution < 1.29 is 32.6 Å². The number of carbonyl (C=O) groups excluding carboxylic acids is 2. The van der Waals surface area contributed by atoms with Crippen LogP contribution in [0.2, 0.25) is 0 Å².